The lowest BCUT2D eigenvalue weighted by Gasteiger charge is -2.18. The number of hydrogen-bond acceptors (Lipinski definition) is 5. The van der Waals surface area contributed by atoms with Gasteiger partial charge in [-0.25, -0.2) is 14.4 Å². The summed E-state index contributed by atoms with van der Waals surface area (Å²) in [4.78, 5) is 13.6. The third kappa shape index (κ3) is 2.54. The van der Waals surface area contributed by atoms with E-state index in [-0.39, 0.29) is 6.10 Å². The molecule has 3 rings (SSSR count). The van der Waals surface area contributed by atoms with Crippen molar-refractivity contribution >= 4 is 5.82 Å². The summed E-state index contributed by atoms with van der Waals surface area (Å²) in [5.74, 6) is 0.779. The van der Waals surface area contributed by atoms with E-state index in [1.165, 1.54) is 12.5 Å². The maximum atomic E-state index is 13.6. The molecule has 1 aliphatic rings. The molecule has 0 N–H and O–H groups in total. The van der Waals surface area contributed by atoms with Crippen LogP contribution in [0.3, 0.4) is 0 Å². The van der Waals surface area contributed by atoms with E-state index < -0.39 is 5.82 Å². The molecular weight excluding hydrogens is 259 g/mol. The molecule has 2 aromatic heterocycles. The largest absolute Gasteiger partial charge is 0.488 e. The fourth-order valence-corrected chi connectivity index (χ4v) is 2.33. The Bertz CT molecular complexity index is 607. The molecule has 1 unspecified atom stereocenters. The monoisotopic (exact) mass is 274 g/mol. The van der Waals surface area contributed by atoms with Gasteiger partial charge in [0.1, 0.15) is 18.2 Å². The van der Waals surface area contributed by atoms with E-state index in [1.807, 2.05) is 17.9 Å². The fourth-order valence-electron chi connectivity index (χ4n) is 2.33. The van der Waals surface area contributed by atoms with E-state index in [2.05, 4.69) is 15.0 Å². The molecule has 1 aliphatic heterocycles. The number of halogens is 1. The molecule has 0 radical (unpaired) electrons. The molecule has 0 aliphatic carbocycles. The molecule has 2 aromatic rings. The molecule has 1 saturated heterocycles. The average molecular weight is 274 g/mol. The predicted octanol–water partition coefficient (Wildman–Crippen LogP) is 1.98. The topological polar surface area (TPSA) is 51.1 Å². The van der Waals surface area contributed by atoms with Crippen molar-refractivity contribution in [2.45, 2.75) is 19.4 Å². The van der Waals surface area contributed by atoms with Gasteiger partial charge < -0.3 is 9.64 Å². The Labute approximate surface area is 116 Å². The van der Waals surface area contributed by atoms with Gasteiger partial charge in [-0.3, -0.25) is 4.98 Å². The second kappa shape index (κ2) is 5.40. The molecular formula is C14H15FN4O. The standard InChI is InChI=1S/C14H15FN4O/c1-10-6-16-4-2-13(10)20-11-3-5-19(8-11)14-12(15)7-17-9-18-14/h2,4,6-7,9,11H,3,5,8H2,1H3. The smallest absolute Gasteiger partial charge is 0.183 e. The van der Waals surface area contributed by atoms with Crippen LogP contribution in [0.25, 0.3) is 0 Å². The second-order valence-electron chi connectivity index (χ2n) is 4.81. The first-order valence-corrected chi connectivity index (χ1v) is 6.52. The van der Waals surface area contributed by atoms with Crippen LogP contribution in [-0.4, -0.2) is 34.1 Å². The fraction of sp³-hybridized carbons (Fsp3) is 0.357. The van der Waals surface area contributed by atoms with E-state index in [1.54, 1.807) is 12.4 Å². The molecule has 3 heterocycles. The van der Waals surface area contributed by atoms with Gasteiger partial charge in [-0.15, -0.1) is 0 Å². The van der Waals surface area contributed by atoms with E-state index in [0.29, 0.717) is 12.4 Å². The summed E-state index contributed by atoms with van der Waals surface area (Å²) >= 11 is 0. The summed E-state index contributed by atoms with van der Waals surface area (Å²) in [6, 6.07) is 1.85. The van der Waals surface area contributed by atoms with E-state index in [9.17, 15) is 4.39 Å². The highest BCUT2D eigenvalue weighted by atomic mass is 19.1. The third-order valence-corrected chi connectivity index (χ3v) is 3.36. The Balaban J connectivity index is 1.69. The zero-order valence-corrected chi connectivity index (χ0v) is 11.2. The molecule has 0 aromatic carbocycles. The zero-order chi connectivity index (χ0) is 13.9. The van der Waals surface area contributed by atoms with Crippen LogP contribution >= 0.6 is 0 Å². The van der Waals surface area contributed by atoms with Crippen LogP contribution in [0.5, 0.6) is 5.75 Å². The first-order valence-electron chi connectivity index (χ1n) is 6.52. The Morgan fingerprint density at radius 2 is 2.25 bits per heavy atom. The van der Waals surface area contributed by atoms with Crippen LogP contribution in [0.4, 0.5) is 10.2 Å². The molecule has 1 fully saturated rings. The highest BCUT2D eigenvalue weighted by Crippen LogP contribution is 2.24. The highest BCUT2D eigenvalue weighted by Gasteiger charge is 2.27. The van der Waals surface area contributed by atoms with Crippen molar-refractivity contribution in [1.82, 2.24) is 15.0 Å². The minimum absolute atomic E-state index is 0.0328. The number of aryl methyl sites for hydroxylation is 1. The van der Waals surface area contributed by atoms with Gasteiger partial charge in [0.15, 0.2) is 11.6 Å². The molecule has 5 nitrogen and oxygen atoms in total. The van der Waals surface area contributed by atoms with Gasteiger partial charge in [0.2, 0.25) is 0 Å². The average Bonchev–Trinajstić information content (AvgIpc) is 2.90. The first kappa shape index (κ1) is 12.8. The van der Waals surface area contributed by atoms with Crippen molar-refractivity contribution in [2.75, 3.05) is 18.0 Å². The molecule has 1 atom stereocenters. The Morgan fingerprint density at radius 3 is 3.05 bits per heavy atom. The van der Waals surface area contributed by atoms with Gasteiger partial charge in [0, 0.05) is 30.9 Å². The van der Waals surface area contributed by atoms with Crippen molar-refractivity contribution in [3.63, 3.8) is 0 Å². The van der Waals surface area contributed by atoms with E-state index in [0.717, 1.165) is 24.3 Å². The van der Waals surface area contributed by atoms with Crippen molar-refractivity contribution in [3.8, 4) is 5.75 Å². The quantitative estimate of drug-likeness (QED) is 0.856. The normalized spacial score (nSPS) is 18.3. The van der Waals surface area contributed by atoms with Crippen LogP contribution < -0.4 is 9.64 Å². The summed E-state index contributed by atoms with van der Waals surface area (Å²) in [5.41, 5.74) is 0.999. The number of hydrogen-bond donors (Lipinski definition) is 0. The SMILES string of the molecule is Cc1cnccc1OC1CCN(c2ncncc2F)C1. The van der Waals surface area contributed by atoms with Crippen LogP contribution in [0, 0.1) is 12.7 Å². The lowest BCUT2D eigenvalue weighted by molar-refractivity contribution is 0.223. The van der Waals surface area contributed by atoms with Crippen LogP contribution in [-0.2, 0) is 0 Å². The lowest BCUT2D eigenvalue weighted by atomic mass is 10.2. The van der Waals surface area contributed by atoms with Gasteiger partial charge in [-0.05, 0) is 13.0 Å². The van der Waals surface area contributed by atoms with Crippen LogP contribution in [0.15, 0.2) is 31.0 Å². The minimum atomic E-state index is -0.395. The highest BCUT2D eigenvalue weighted by molar-refractivity contribution is 5.40. The molecule has 0 amide bonds. The van der Waals surface area contributed by atoms with Crippen molar-refractivity contribution < 1.29 is 9.13 Å². The van der Waals surface area contributed by atoms with Gasteiger partial charge in [-0.1, -0.05) is 0 Å². The summed E-state index contributed by atoms with van der Waals surface area (Å²) in [5, 5.41) is 0. The maximum absolute atomic E-state index is 13.6. The number of nitrogens with zero attached hydrogens (tertiary/aromatic N) is 4. The van der Waals surface area contributed by atoms with Crippen molar-refractivity contribution in [3.05, 3.63) is 42.4 Å². The van der Waals surface area contributed by atoms with Crippen molar-refractivity contribution in [1.29, 1.82) is 0 Å². The third-order valence-electron chi connectivity index (χ3n) is 3.36. The number of pyridine rings is 1. The molecule has 0 spiro atoms. The number of anilines is 1. The summed E-state index contributed by atoms with van der Waals surface area (Å²) in [6.45, 7) is 3.30. The summed E-state index contributed by atoms with van der Waals surface area (Å²) in [7, 11) is 0. The Kier molecular flexibility index (Phi) is 3.45. The van der Waals surface area contributed by atoms with Crippen LogP contribution in [0.2, 0.25) is 0 Å². The summed E-state index contributed by atoms with van der Waals surface area (Å²) < 4.78 is 19.6. The number of aromatic nitrogens is 3. The van der Waals surface area contributed by atoms with Gasteiger partial charge in [0.05, 0.1) is 12.7 Å². The molecule has 20 heavy (non-hydrogen) atoms. The van der Waals surface area contributed by atoms with Gasteiger partial charge >= 0.3 is 0 Å². The maximum Gasteiger partial charge on any atom is 0.183 e. The number of ether oxygens (including phenoxy) is 1. The molecule has 0 saturated carbocycles. The van der Waals surface area contributed by atoms with Gasteiger partial charge in [0.25, 0.3) is 0 Å². The Morgan fingerprint density at radius 1 is 1.35 bits per heavy atom. The van der Waals surface area contributed by atoms with Crippen LogP contribution in [0.1, 0.15) is 12.0 Å². The Hall–Kier alpha value is -2.24. The predicted molar refractivity (Wildman–Crippen MR) is 72.2 cm³/mol. The molecule has 104 valence electrons. The zero-order valence-electron chi connectivity index (χ0n) is 11.2. The van der Waals surface area contributed by atoms with Gasteiger partial charge in [-0.2, -0.15) is 0 Å². The first-order chi connectivity index (χ1) is 9.74. The van der Waals surface area contributed by atoms with Crippen molar-refractivity contribution in [2.24, 2.45) is 0 Å². The van der Waals surface area contributed by atoms with E-state index >= 15 is 0 Å². The lowest BCUT2D eigenvalue weighted by Crippen LogP contribution is -2.26. The second-order valence-corrected chi connectivity index (χ2v) is 4.81. The number of rotatable bonds is 3. The summed E-state index contributed by atoms with van der Waals surface area (Å²) in [6.07, 6.45) is 6.89. The molecule has 6 heteroatoms. The molecule has 0 bridgehead atoms. The minimum Gasteiger partial charge on any atom is -0.488 e. The van der Waals surface area contributed by atoms with E-state index in [4.69, 9.17) is 4.74 Å².